The topological polar surface area (TPSA) is 56.2 Å². The Bertz CT molecular complexity index is 859. The third-order valence-corrected chi connectivity index (χ3v) is 4.15. The minimum absolute atomic E-state index is 0.116. The summed E-state index contributed by atoms with van der Waals surface area (Å²) in [7, 11) is 1.85. The fourth-order valence-electron chi connectivity index (χ4n) is 2.35. The molecule has 2 aromatic carbocycles. The number of carbonyl (C=O) groups is 1. The highest BCUT2D eigenvalue weighted by Crippen LogP contribution is 2.17. The summed E-state index contributed by atoms with van der Waals surface area (Å²) in [6.45, 7) is 0.859. The van der Waals surface area contributed by atoms with Crippen molar-refractivity contribution in [1.29, 1.82) is 0 Å². The molecule has 3 rings (SSSR count). The van der Waals surface area contributed by atoms with Gasteiger partial charge >= 0.3 is 0 Å². The molecular weight excluding hydrogens is 382 g/mol. The van der Waals surface area contributed by atoms with Crippen molar-refractivity contribution >= 4 is 21.8 Å². The highest BCUT2D eigenvalue weighted by Gasteiger charge is 2.07. The first kappa shape index (κ1) is 17.2. The molecule has 0 unspecified atom stereocenters. The molecule has 0 fully saturated rings. The lowest BCUT2D eigenvalue weighted by Crippen LogP contribution is -2.22. The number of hydrogen-bond donors (Lipinski definition) is 1. The number of aromatic nitrogens is 2. The maximum Gasteiger partial charge on any atom is 0.251 e. The van der Waals surface area contributed by atoms with Gasteiger partial charge in [-0.2, -0.15) is 5.10 Å². The number of aryl methyl sites for hydroxylation is 1. The van der Waals surface area contributed by atoms with E-state index >= 15 is 0 Å². The molecule has 0 bridgehead atoms. The maximum absolute atomic E-state index is 12.3. The lowest BCUT2D eigenvalue weighted by molar-refractivity contribution is 0.0950. The van der Waals surface area contributed by atoms with Crippen LogP contribution in [-0.4, -0.2) is 15.7 Å². The van der Waals surface area contributed by atoms with Crippen LogP contribution in [0.2, 0.25) is 0 Å². The lowest BCUT2D eigenvalue weighted by atomic mass is 10.1. The number of halogens is 1. The minimum atomic E-state index is -0.116. The molecule has 25 heavy (non-hydrogen) atoms. The quantitative estimate of drug-likeness (QED) is 0.687. The summed E-state index contributed by atoms with van der Waals surface area (Å²) in [6, 6.07) is 15.1. The summed E-state index contributed by atoms with van der Waals surface area (Å²) < 4.78 is 8.47. The Morgan fingerprint density at radius 2 is 2.00 bits per heavy atom. The van der Waals surface area contributed by atoms with Gasteiger partial charge in [0.05, 0.1) is 6.20 Å². The molecule has 128 valence electrons. The smallest absolute Gasteiger partial charge is 0.251 e. The van der Waals surface area contributed by atoms with E-state index in [1.807, 2.05) is 55.7 Å². The minimum Gasteiger partial charge on any atom is -0.489 e. The third kappa shape index (κ3) is 4.93. The van der Waals surface area contributed by atoms with Gasteiger partial charge in [-0.15, -0.1) is 0 Å². The van der Waals surface area contributed by atoms with E-state index < -0.39 is 0 Å². The van der Waals surface area contributed by atoms with Crippen molar-refractivity contribution in [3.63, 3.8) is 0 Å². The van der Waals surface area contributed by atoms with Gasteiger partial charge in [-0.05, 0) is 42.0 Å². The van der Waals surface area contributed by atoms with Gasteiger partial charge < -0.3 is 10.1 Å². The van der Waals surface area contributed by atoms with Crippen molar-refractivity contribution in [2.45, 2.75) is 13.2 Å². The normalized spacial score (nSPS) is 10.5. The van der Waals surface area contributed by atoms with Crippen LogP contribution in [0, 0.1) is 0 Å². The standard InChI is InChI=1S/C19H18BrN3O2/c1-23-12-15(11-22-23)10-21-19(24)16-4-2-3-14(9-16)13-25-18-7-5-17(20)6-8-18/h2-9,11-12H,10,13H2,1H3,(H,21,24). The van der Waals surface area contributed by atoms with E-state index in [1.165, 1.54) is 0 Å². The van der Waals surface area contributed by atoms with E-state index in [0.717, 1.165) is 21.3 Å². The van der Waals surface area contributed by atoms with E-state index in [4.69, 9.17) is 4.74 Å². The zero-order valence-electron chi connectivity index (χ0n) is 13.8. The number of nitrogens with zero attached hydrogens (tertiary/aromatic N) is 2. The van der Waals surface area contributed by atoms with Crippen LogP contribution in [0.4, 0.5) is 0 Å². The predicted octanol–water partition coefficient (Wildman–Crippen LogP) is 3.69. The Morgan fingerprint density at radius 3 is 2.72 bits per heavy atom. The van der Waals surface area contributed by atoms with Crippen LogP contribution < -0.4 is 10.1 Å². The van der Waals surface area contributed by atoms with E-state index in [-0.39, 0.29) is 5.91 Å². The van der Waals surface area contributed by atoms with Gasteiger partial charge in [0.2, 0.25) is 0 Å². The summed E-state index contributed by atoms with van der Waals surface area (Å²) in [5.41, 5.74) is 2.52. The molecule has 0 aliphatic carbocycles. The van der Waals surface area contributed by atoms with Gasteiger partial charge in [0.15, 0.2) is 0 Å². The molecule has 0 radical (unpaired) electrons. The maximum atomic E-state index is 12.3. The van der Waals surface area contributed by atoms with Gasteiger partial charge in [0.25, 0.3) is 5.91 Å². The highest BCUT2D eigenvalue weighted by atomic mass is 79.9. The summed E-state index contributed by atoms with van der Waals surface area (Å²) in [6.07, 6.45) is 3.62. The van der Waals surface area contributed by atoms with Crippen molar-refractivity contribution in [2.24, 2.45) is 7.05 Å². The predicted molar refractivity (Wildman–Crippen MR) is 99.3 cm³/mol. The van der Waals surface area contributed by atoms with Crippen LogP contribution in [0.15, 0.2) is 65.4 Å². The molecule has 1 N–H and O–H groups in total. The van der Waals surface area contributed by atoms with Gasteiger partial charge in [-0.1, -0.05) is 28.1 Å². The molecule has 1 amide bonds. The van der Waals surface area contributed by atoms with Gasteiger partial charge in [-0.3, -0.25) is 9.48 Å². The Kier molecular flexibility index (Phi) is 5.50. The largest absolute Gasteiger partial charge is 0.489 e. The summed E-state index contributed by atoms with van der Waals surface area (Å²) in [5.74, 6) is 0.670. The Hall–Kier alpha value is -2.60. The number of carbonyl (C=O) groups excluding carboxylic acids is 1. The fraction of sp³-hybridized carbons (Fsp3) is 0.158. The summed E-state index contributed by atoms with van der Waals surface area (Å²) >= 11 is 3.39. The average molecular weight is 400 g/mol. The SMILES string of the molecule is Cn1cc(CNC(=O)c2cccc(COc3ccc(Br)cc3)c2)cn1. The van der Waals surface area contributed by atoms with Crippen LogP contribution in [0.1, 0.15) is 21.5 Å². The highest BCUT2D eigenvalue weighted by molar-refractivity contribution is 9.10. The van der Waals surface area contributed by atoms with Crippen LogP contribution in [-0.2, 0) is 20.2 Å². The lowest BCUT2D eigenvalue weighted by Gasteiger charge is -2.08. The molecule has 1 heterocycles. The average Bonchev–Trinajstić information content (AvgIpc) is 3.05. The third-order valence-electron chi connectivity index (χ3n) is 3.62. The second-order valence-electron chi connectivity index (χ2n) is 5.65. The number of benzene rings is 2. The molecule has 1 aromatic heterocycles. The van der Waals surface area contributed by atoms with E-state index in [2.05, 4.69) is 26.3 Å². The molecule has 3 aromatic rings. The van der Waals surface area contributed by atoms with Crippen molar-refractivity contribution in [3.05, 3.63) is 82.1 Å². The van der Waals surface area contributed by atoms with Crippen LogP contribution in [0.3, 0.4) is 0 Å². The Morgan fingerprint density at radius 1 is 1.20 bits per heavy atom. The van der Waals surface area contributed by atoms with Crippen molar-refractivity contribution in [1.82, 2.24) is 15.1 Å². The van der Waals surface area contributed by atoms with Crippen molar-refractivity contribution in [2.75, 3.05) is 0 Å². The molecule has 0 aliphatic rings. The molecule has 0 saturated heterocycles. The van der Waals surface area contributed by atoms with Crippen LogP contribution in [0.5, 0.6) is 5.75 Å². The first-order valence-corrected chi connectivity index (χ1v) is 8.62. The zero-order valence-corrected chi connectivity index (χ0v) is 15.4. The van der Waals surface area contributed by atoms with Crippen molar-refractivity contribution in [3.8, 4) is 5.75 Å². The zero-order chi connectivity index (χ0) is 17.6. The van der Waals surface area contributed by atoms with Crippen LogP contribution >= 0.6 is 15.9 Å². The fourth-order valence-corrected chi connectivity index (χ4v) is 2.61. The number of amides is 1. The monoisotopic (exact) mass is 399 g/mol. The van der Waals surface area contributed by atoms with E-state index in [9.17, 15) is 4.79 Å². The molecule has 0 atom stereocenters. The first-order chi connectivity index (χ1) is 12.1. The number of rotatable bonds is 6. The van der Waals surface area contributed by atoms with Gasteiger partial charge in [0, 0.05) is 35.4 Å². The molecular formula is C19H18BrN3O2. The van der Waals surface area contributed by atoms with Gasteiger partial charge in [0.1, 0.15) is 12.4 Å². The molecule has 0 aliphatic heterocycles. The summed E-state index contributed by atoms with van der Waals surface area (Å²) in [5, 5.41) is 6.98. The number of nitrogens with one attached hydrogen (secondary N) is 1. The second-order valence-corrected chi connectivity index (χ2v) is 6.56. The second kappa shape index (κ2) is 7.98. The summed E-state index contributed by atoms with van der Waals surface area (Å²) in [4.78, 5) is 12.3. The van der Waals surface area contributed by atoms with Crippen LogP contribution in [0.25, 0.3) is 0 Å². The Balaban J connectivity index is 1.58. The molecule has 0 spiro atoms. The van der Waals surface area contributed by atoms with E-state index in [1.54, 1.807) is 16.9 Å². The van der Waals surface area contributed by atoms with E-state index in [0.29, 0.717) is 18.7 Å². The number of ether oxygens (including phenoxy) is 1. The molecule has 6 heteroatoms. The van der Waals surface area contributed by atoms with Gasteiger partial charge in [-0.25, -0.2) is 0 Å². The Labute approximate surface area is 154 Å². The van der Waals surface area contributed by atoms with Crippen molar-refractivity contribution < 1.29 is 9.53 Å². The molecule has 5 nitrogen and oxygen atoms in total. The first-order valence-electron chi connectivity index (χ1n) is 7.83. The molecule has 0 saturated carbocycles. The number of hydrogen-bond acceptors (Lipinski definition) is 3.